The quantitative estimate of drug-likeness (QED) is 0.588. The topological polar surface area (TPSA) is 54.4 Å². The minimum Gasteiger partial charge on any atom is -0.282 e. The Hall–Kier alpha value is -0.130. The monoisotopic (exact) mass is 360 g/mol. The van der Waals surface area contributed by atoms with Gasteiger partial charge in [0.1, 0.15) is 4.90 Å². The van der Waals surface area contributed by atoms with Crippen LogP contribution in [-0.4, -0.2) is 50.7 Å². The summed E-state index contributed by atoms with van der Waals surface area (Å²) in [5.74, 6) is 0. The Bertz CT molecular complexity index is 754. The Balaban J connectivity index is 0.00000264. The zero-order valence-electron chi connectivity index (χ0n) is 14.0. The van der Waals surface area contributed by atoms with Crippen LogP contribution in [0.25, 0.3) is 10.8 Å². The summed E-state index contributed by atoms with van der Waals surface area (Å²) in [7, 11) is -4.24. The van der Waals surface area contributed by atoms with Crippen molar-refractivity contribution in [2.75, 3.05) is 0 Å². The molecule has 0 bridgehead atoms. The fraction of sp³-hybridized carbons (Fsp3) is 0.444. The van der Waals surface area contributed by atoms with E-state index in [1.54, 1.807) is 6.07 Å². The van der Waals surface area contributed by atoms with Gasteiger partial charge in [-0.05, 0) is 42.2 Å². The van der Waals surface area contributed by atoms with Crippen molar-refractivity contribution in [3.63, 3.8) is 0 Å². The molecule has 23 heavy (non-hydrogen) atoms. The molecule has 1 N–H and O–H groups in total. The predicted octanol–water partition coefficient (Wildman–Crippen LogP) is 4.39. The van der Waals surface area contributed by atoms with Crippen LogP contribution in [0.4, 0.5) is 0 Å². The van der Waals surface area contributed by atoms with Crippen molar-refractivity contribution in [2.24, 2.45) is 0 Å². The fourth-order valence-electron chi connectivity index (χ4n) is 2.93. The number of aryl methyl sites for hydroxylation is 1. The Kier molecular flexibility index (Phi) is 8.53. The van der Waals surface area contributed by atoms with Crippen LogP contribution in [0.15, 0.2) is 35.2 Å². The minimum atomic E-state index is -4.24. The zero-order chi connectivity index (χ0) is 16.2. The summed E-state index contributed by atoms with van der Waals surface area (Å²) in [5, 5.41) is 1.50. The summed E-state index contributed by atoms with van der Waals surface area (Å²) in [4.78, 5) is 0.116. The fourth-order valence-corrected chi connectivity index (χ4v) is 3.93. The first-order valence-corrected chi connectivity index (χ1v) is 9.44. The number of hydrogen-bond acceptors (Lipinski definition) is 2. The summed E-state index contributed by atoms with van der Waals surface area (Å²) in [6.45, 7) is 4.20. The van der Waals surface area contributed by atoms with Gasteiger partial charge in [-0.1, -0.05) is 57.0 Å². The first-order chi connectivity index (χ1) is 10.5. The number of hydrogen-bond donors (Lipinski definition) is 1. The number of benzene rings is 2. The van der Waals surface area contributed by atoms with Crippen LogP contribution in [0.2, 0.25) is 0 Å². The standard InChI is InChI=1S/C18H24O3S.Ca/c1-3-5-9-14-13-15-10-7-8-12-17(15)18(22(19,20)21)16(14)11-6-4-2;/h7-8,10,12-13H,3-6,9,11H2,1-2H3,(H,19,20,21);. The molecule has 2 aromatic carbocycles. The molecule has 2 aromatic rings. The van der Waals surface area contributed by atoms with Gasteiger partial charge in [0.25, 0.3) is 10.1 Å². The van der Waals surface area contributed by atoms with E-state index in [4.69, 9.17) is 0 Å². The van der Waals surface area contributed by atoms with Gasteiger partial charge in [0.15, 0.2) is 0 Å². The van der Waals surface area contributed by atoms with Crippen molar-refractivity contribution in [2.45, 2.75) is 57.3 Å². The third-order valence-corrected chi connectivity index (χ3v) is 5.02. The van der Waals surface area contributed by atoms with Gasteiger partial charge in [-0.3, -0.25) is 4.55 Å². The zero-order valence-corrected chi connectivity index (χ0v) is 17.0. The van der Waals surface area contributed by atoms with Crippen molar-refractivity contribution in [3.05, 3.63) is 41.5 Å². The number of rotatable bonds is 7. The predicted molar refractivity (Wildman–Crippen MR) is 96.7 cm³/mol. The molecule has 0 amide bonds. The van der Waals surface area contributed by atoms with Crippen LogP contribution in [0, 0.1) is 0 Å². The maximum atomic E-state index is 12.0. The average molecular weight is 361 g/mol. The van der Waals surface area contributed by atoms with Crippen LogP contribution in [0.3, 0.4) is 0 Å². The molecule has 0 aliphatic heterocycles. The van der Waals surface area contributed by atoms with Gasteiger partial charge >= 0.3 is 0 Å². The van der Waals surface area contributed by atoms with E-state index >= 15 is 0 Å². The molecule has 0 atom stereocenters. The van der Waals surface area contributed by atoms with E-state index in [1.807, 2.05) is 18.2 Å². The van der Waals surface area contributed by atoms with Gasteiger partial charge in [-0.25, -0.2) is 0 Å². The molecule has 0 fully saturated rings. The third-order valence-electron chi connectivity index (χ3n) is 4.03. The van der Waals surface area contributed by atoms with Crippen molar-refractivity contribution in [3.8, 4) is 0 Å². The van der Waals surface area contributed by atoms with Crippen LogP contribution < -0.4 is 0 Å². The average Bonchev–Trinajstić information content (AvgIpc) is 2.48. The van der Waals surface area contributed by atoms with E-state index in [0.717, 1.165) is 48.6 Å². The normalized spacial score (nSPS) is 11.4. The van der Waals surface area contributed by atoms with E-state index in [2.05, 4.69) is 19.9 Å². The van der Waals surface area contributed by atoms with Gasteiger partial charge in [-0.15, -0.1) is 0 Å². The van der Waals surface area contributed by atoms with E-state index in [9.17, 15) is 13.0 Å². The largest absolute Gasteiger partial charge is 0.295 e. The first kappa shape index (κ1) is 20.9. The molecule has 0 saturated carbocycles. The summed E-state index contributed by atoms with van der Waals surface area (Å²) < 4.78 is 33.8. The molecule has 0 unspecified atom stereocenters. The minimum absolute atomic E-state index is 0. The number of unbranched alkanes of at least 4 members (excludes halogenated alkanes) is 2. The smallest absolute Gasteiger partial charge is 0.282 e. The second kappa shape index (κ2) is 9.38. The Morgan fingerprint density at radius 1 is 1.00 bits per heavy atom. The molecule has 2 radical (unpaired) electrons. The van der Waals surface area contributed by atoms with Gasteiger partial charge in [0.05, 0.1) is 0 Å². The van der Waals surface area contributed by atoms with Gasteiger partial charge in [0, 0.05) is 43.1 Å². The second-order valence-electron chi connectivity index (χ2n) is 5.75. The van der Waals surface area contributed by atoms with Crippen molar-refractivity contribution >= 4 is 58.6 Å². The maximum absolute atomic E-state index is 12.0. The number of fused-ring (bicyclic) bond motifs is 1. The van der Waals surface area contributed by atoms with E-state index < -0.39 is 10.1 Å². The van der Waals surface area contributed by atoms with Crippen LogP contribution in [0.5, 0.6) is 0 Å². The summed E-state index contributed by atoms with van der Waals surface area (Å²) in [6, 6.07) is 9.48. The van der Waals surface area contributed by atoms with E-state index in [0.29, 0.717) is 11.8 Å². The molecule has 0 heterocycles. The third kappa shape index (κ3) is 5.17. The van der Waals surface area contributed by atoms with Crippen LogP contribution in [0.1, 0.15) is 50.7 Å². The molecule has 2 rings (SSSR count). The molecule has 0 aliphatic carbocycles. The van der Waals surface area contributed by atoms with Crippen molar-refractivity contribution in [1.82, 2.24) is 0 Å². The molecule has 3 nitrogen and oxygen atoms in total. The molecule has 122 valence electrons. The maximum Gasteiger partial charge on any atom is 0.295 e. The molecule has 0 spiro atoms. The Morgan fingerprint density at radius 2 is 1.61 bits per heavy atom. The van der Waals surface area contributed by atoms with Gasteiger partial charge < -0.3 is 0 Å². The Morgan fingerprint density at radius 3 is 2.22 bits per heavy atom. The molecule has 5 heteroatoms. The molecular formula is C18H24CaO3S. The SMILES string of the molecule is CCCCc1cc2ccccc2c(S(=O)(=O)O)c1CCCC.[Ca]. The van der Waals surface area contributed by atoms with Crippen molar-refractivity contribution in [1.29, 1.82) is 0 Å². The van der Waals surface area contributed by atoms with E-state index in [-0.39, 0.29) is 42.6 Å². The molecule has 0 aliphatic rings. The van der Waals surface area contributed by atoms with Gasteiger partial charge in [-0.2, -0.15) is 8.42 Å². The van der Waals surface area contributed by atoms with E-state index in [1.165, 1.54) is 0 Å². The van der Waals surface area contributed by atoms with Crippen LogP contribution in [-0.2, 0) is 23.0 Å². The van der Waals surface area contributed by atoms with Crippen LogP contribution >= 0.6 is 0 Å². The molecule has 0 saturated heterocycles. The Labute approximate surface area is 169 Å². The van der Waals surface area contributed by atoms with Crippen molar-refractivity contribution < 1.29 is 13.0 Å². The summed E-state index contributed by atoms with van der Waals surface area (Å²) in [5.41, 5.74) is 1.86. The summed E-state index contributed by atoms with van der Waals surface area (Å²) >= 11 is 0. The summed E-state index contributed by atoms with van der Waals surface area (Å²) in [6.07, 6.45) is 5.52. The first-order valence-electron chi connectivity index (χ1n) is 8.00. The van der Waals surface area contributed by atoms with Gasteiger partial charge in [0.2, 0.25) is 0 Å². The second-order valence-corrected chi connectivity index (χ2v) is 7.11. The molecule has 0 aromatic heterocycles. The molecular weight excluding hydrogens is 336 g/mol.